The van der Waals surface area contributed by atoms with E-state index in [0.29, 0.717) is 0 Å². The fraction of sp³-hybridized carbons (Fsp3) is 0.571. The zero-order valence-electron chi connectivity index (χ0n) is 10.3. The van der Waals surface area contributed by atoms with E-state index in [1.165, 1.54) is 30.4 Å². The smallest absolute Gasteiger partial charge is 0.123 e. The van der Waals surface area contributed by atoms with Crippen LogP contribution in [0.25, 0.3) is 0 Å². The molecule has 17 heavy (non-hydrogen) atoms. The van der Waals surface area contributed by atoms with Crippen LogP contribution < -0.4 is 5.32 Å². The van der Waals surface area contributed by atoms with E-state index in [2.05, 4.69) is 24.0 Å². The van der Waals surface area contributed by atoms with Crippen LogP contribution in [0.1, 0.15) is 31.4 Å². The Morgan fingerprint density at radius 1 is 1.41 bits per heavy atom. The van der Waals surface area contributed by atoms with Crippen LogP contribution in [0, 0.1) is 11.7 Å². The molecule has 1 aliphatic heterocycles. The third kappa shape index (κ3) is 4.00. The van der Waals surface area contributed by atoms with Crippen LogP contribution in [-0.2, 0) is 0 Å². The quantitative estimate of drug-likeness (QED) is 0.879. The lowest BCUT2D eigenvalue weighted by Crippen LogP contribution is -2.28. The summed E-state index contributed by atoms with van der Waals surface area (Å²) in [5.74, 6) is 3.24. The maximum absolute atomic E-state index is 13.1. The SMILES string of the molecule is CC(NCC1CCSCC1)c1cccc(F)c1. The Bertz CT molecular complexity index is 350. The van der Waals surface area contributed by atoms with Crippen molar-refractivity contribution < 1.29 is 4.39 Å². The number of hydrogen-bond acceptors (Lipinski definition) is 2. The van der Waals surface area contributed by atoms with Gasteiger partial charge in [0.25, 0.3) is 0 Å². The summed E-state index contributed by atoms with van der Waals surface area (Å²) >= 11 is 2.05. The molecule has 1 atom stereocenters. The summed E-state index contributed by atoms with van der Waals surface area (Å²) in [5.41, 5.74) is 1.04. The van der Waals surface area contributed by atoms with E-state index >= 15 is 0 Å². The molecule has 1 unspecified atom stereocenters. The lowest BCUT2D eigenvalue weighted by molar-refractivity contribution is 0.420. The molecule has 0 aromatic heterocycles. The Kier molecular flexibility index (Phi) is 4.86. The molecule has 1 saturated heterocycles. The Balaban J connectivity index is 1.82. The molecule has 1 N–H and O–H groups in total. The van der Waals surface area contributed by atoms with Gasteiger partial charge in [-0.15, -0.1) is 0 Å². The van der Waals surface area contributed by atoms with Crippen LogP contribution in [0.15, 0.2) is 24.3 Å². The summed E-state index contributed by atoms with van der Waals surface area (Å²) < 4.78 is 13.1. The third-order valence-corrected chi connectivity index (χ3v) is 4.45. The molecule has 0 bridgehead atoms. The summed E-state index contributed by atoms with van der Waals surface area (Å²) in [6.07, 6.45) is 2.63. The third-order valence-electron chi connectivity index (χ3n) is 3.40. The molecule has 1 aromatic rings. The average Bonchev–Trinajstić information content (AvgIpc) is 2.37. The molecule has 3 heteroatoms. The van der Waals surface area contributed by atoms with E-state index in [9.17, 15) is 4.39 Å². The highest BCUT2D eigenvalue weighted by Gasteiger charge is 2.14. The predicted octanol–water partition coefficient (Wildman–Crippen LogP) is 3.62. The van der Waals surface area contributed by atoms with E-state index in [1.807, 2.05) is 6.07 Å². The summed E-state index contributed by atoms with van der Waals surface area (Å²) in [6, 6.07) is 7.11. The minimum Gasteiger partial charge on any atom is -0.310 e. The first-order valence-electron chi connectivity index (χ1n) is 6.32. The molecule has 1 heterocycles. The van der Waals surface area contributed by atoms with Crippen molar-refractivity contribution in [1.82, 2.24) is 5.32 Å². The van der Waals surface area contributed by atoms with Gasteiger partial charge in [-0.05, 0) is 61.4 Å². The minimum absolute atomic E-state index is 0.148. The molecule has 0 spiro atoms. The second-order valence-electron chi connectivity index (χ2n) is 4.74. The Morgan fingerprint density at radius 3 is 2.88 bits per heavy atom. The monoisotopic (exact) mass is 253 g/mol. The Hall–Kier alpha value is -0.540. The van der Waals surface area contributed by atoms with Crippen molar-refractivity contribution in [2.45, 2.75) is 25.8 Å². The van der Waals surface area contributed by atoms with Crippen LogP contribution in [0.5, 0.6) is 0 Å². The van der Waals surface area contributed by atoms with Crippen molar-refractivity contribution >= 4 is 11.8 Å². The molecule has 0 aliphatic carbocycles. The van der Waals surface area contributed by atoms with Gasteiger partial charge >= 0.3 is 0 Å². The molecule has 0 amide bonds. The van der Waals surface area contributed by atoms with Gasteiger partial charge in [-0.25, -0.2) is 4.39 Å². The molecule has 0 saturated carbocycles. The fourth-order valence-electron chi connectivity index (χ4n) is 2.19. The standard InChI is InChI=1S/C14H20FNS/c1-11(13-3-2-4-14(15)9-13)16-10-12-5-7-17-8-6-12/h2-4,9,11-12,16H,5-8,10H2,1H3. The zero-order chi connectivity index (χ0) is 12.1. The van der Waals surface area contributed by atoms with Crippen molar-refractivity contribution in [1.29, 1.82) is 0 Å². The van der Waals surface area contributed by atoms with Gasteiger partial charge in [-0.1, -0.05) is 12.1 Å². The van der Waals surface area contributed by atoms with Crippen molar-refractivity contribution in [3.05, 3.63) is 35.6 Å². The highest BCUT2D eigenvalue weighted by molar-refractivity contribution is 7.99. The van der Waals surface area contributed by atoms with Crippen molar-refractivity contribution in [3.8, 4) is 0 Å². The summed E-state index contributed by atoms with van der Waals surface area (Å²) in [5, 5.41) is 3.52. The summed E-state index contributed by atoms with van der Waals surface area (Å²) in [4.78, 5) is 0. The number of hydrogen-bond donors (Lipinski definition) is 1. The number of nitrogens with one attached hydrogen (secondary N) is 1. The molecular weight excluding hydrogens is 233 g/mol. The number of halogens is 1. The van der Waals surface area contributed by atoms with E-state index in [0.717, 1.165) is 18.0 Å². The van der Waals surface area contributed by atoms with Crippen LogP contribution in [0.3, 0.4) is 0 Å². The highest BCUT2D eigenvalue weighted by Crippen LogP contribution is 2.23. The zero-order valence-corrected chi connectivity index (χ0v) is 11.1. The molecule has 2 rings (SSSR count). The molecule has 1 nitrogen and oxygen atoms in total. The van der Waals surface area contributed by atoms with E-state index in [4.69, 9.17) is 0 Å². The van der Waals surface area contributed by atoms with E-state index in [-0.39, 0.29) is 11.9 Å². The maximum Gasteiger partial charge on any atom is 0.123 e. The van der Waals surface area contributed by atoms with Gasteiger partial charge in [-0.2, -0.15) is 11.8 Å². The van der Waals surface area contributed by atoms with Crippen molar-refractivity contribution in [2.75, 3.05) is 18.1 Å². The fourth-order valence-corrected chi connectivity index (χ4v) is 3.39. The van der Waals surface area contributed by atoms with Gasteiger partial charge in [0.2, 0.25) is 0 Å². The van der Waals surface area contributed by atoms with Gasteiger partial charge in [0.15, 0.2) is 0 Å². The number of thioether (sulfide) groups is 1. The normalized spacial score (nSPS) is 19.2. The van der Waals surface area contributed by atoms with Gasteiger partial charge in [-0.3, -0.25) is 0 Å². The first-order valence-corrected chi connectivity index (χ1v) is 7.48. The molecule has 94 valence electrons. The maximum atomic E-state index is 13.1. The highest BCUT2D eigenvalue weighted by atomic mass is 32.2. The van der Waals surface area contributed by atoms with Gasteiger partial charge in [0, 0.05) is 6.04 Å². The molecule has 0 radical (unpaired) electrons. The average molecular weight is 253 g/mol. The second-order valence-corrected chi connectivity index (χ2v) is 5.97. The van der Waals surface area contributed by atoms with E-state index < -0.39 is 0 Å². The number of rotatable bonds is 4. The van der Waals surface area contributed by atoms with Crippen LogP contribution in [0.4, 0.5) is 4.39 Å². The second kappa shape index (κ2) is 6.41. The Labute approximate surface area is 107 Å². The van der Waals surface area contributed by atoms with Gasteiger partial charge in [0.05, 0.1) is 0 Å². The largest absolute Gasteiger partial charge is 0.310 e. The van der Waals surface area contributed by atoms with Gasteiger partial charge < -0.3 is 5.32 Å². The van der Waals surface area contributed by atoms with E-state index in [1.54, 1.807) is 12.1 Å². The van der Waals surface area contributed by atoms with Crippen molar-refractivity contribution in [2.24, 2.45) is 5.92 Å². The minimum atomic E-state index is -0.148. The topological polar surface area (TPSA) is 12.0 Å². The lowest BCUT2D eigenvalue weighted by Gasteiger charge is -2.24. The molecule has 1 aromatic carbocycles. The lowest BCUT2D eigenvalue weighted by atomic mass is 10.0. The van der Waals surface area contributed by atoms with Crippen LogP contribution in [0.2, 0.25) is 0 Å². The molecule has 1 aliphatic rings. The van der Waals surface area contributed by atoms with Crippen molar-refractivity contribution in [3.63, 3.8) is 0 Å². The summed E-state index contributed by atoms with van der Waals surface area (Å²) in [7, 11) is 0. The van der Waals surface area contributed by atoms with Crippen LogP contribution >= 0.6 is 11.8 Å². The summed E-state index contributed by atoms with van der Waals surface area (Å²) in [6.45, 7) is 3.16. The number of benzene rings is 1. The first kappa shape index (κ1) is 12.9. The first-order chi connectivity index (χ1) is 8.25. The predicted molar refractivity (Wildman–Crippen MR) is 72.9 cm³/mol. The molecule has 1 fully saturated rings. The Morgan fingerprint density at radius 2 is 2.18 bits per heavy atom. The van der Waals surface area contributed by atoms with Crippen LogP contribution in [-0.4, -0.2) is 18.1 Å². The van der Waals surface area contributed by atoms with Gasteiger partial charge in [0.1, 0.15) is 5.82 Å². The molecular formula is C14H20FNS.